The van der Waals surface area contributed by atoms with Crippen molar-refractivity contribution in [1.82, 2.24) is 10.2 Å². The summed E-state index contributed by atoms with van der Waals surface area (Å²) in [6.45, 7) is 10.2. The lowest BCUT2D eigenvalue weighted by atomic mass is 9.99. The highest BCUT2D eigenvalue weighted by Gasteiger charge is 2.22. The number of piperidine rings is 1. The summed E-state index contributed by atoms with van der Waals surface area (Å²) in [4.78, 5) is 2.66. The summed E-state index contributed by atoms with van der Waals surface area (Å²) in [5.74, 6) is 0.754. The normalized spacial score (nSPS) is 30.0. The molecule has 3 nitrogen and oxygen atoms in total. The average Bonchev–Trinajstić information content (AvgIpc) is 2.40. The standard InChI is InChI=1S/C15H30N2O/c1-13(2)17(10-14-6-5-9-18-12-14)11-15-7-3-4-8-16-15/h13-16H,3-12H2,1-2H3. The molecular formula is C15H30N2O. The Kier molecular flexibility index (Phi) is 5.93. The molecule has 0 radical (unpaired) electrons. The molecule has 0 saturated carbocycles. The topological polar surface area (TPSA) is 24.5 Å². The number of ether oxygens (including phenoxy) is 1. The fourth-order valence-corrected chi connectivity index (χ4v) is 3.14. The highest BCUT2D eigenvalue weighted by Crippen LogP contribution is 2.18. The monoisotopic (exact) mass is 254 g/mol. The van der Waals surface area contributed by atoms with Gasteiger partial charge in [0, 0.05) is 31.8 Å². The summed E-state index contributed by atoms with van der Waals surface area (Å²) in [5.41, 5.74) is 0. The van der Waals surface area contributed by atoms with Crippen LogP contribution in [-0.4, -0.2) is 49.8 Å². The zero-order valence-corrected chi connectivity index (χ0v) is 12.2. The Labute approximate surface area is 112 Å². The van der Waals surface area contributed by atoms with E-state index in [1.807, 2.05) is 0 Å². The van der Waals surface area contributed by atoms with Crippen LogP contribution in [0, 0.1) is 5.92 Å². The van der Waals surface area contributed by atoms with Crippen molar-refractivity contribution in [2.45, 2.75) is 58.0 Å². The first-order chi connectivity index (χ1) is 8.75. The molecule has 18 heavy (non-hydrogen) atoms. The van der Waals surface area contributed by atoms with Gasteiger partial charge in [-0.25, -0.2) is 0 Å². The molecule has 0 aromatic heterocycles. The number of hydrogen-bond acceptors (Lipinski definition) is 3. The number of nitrogens with one attached hydrogen (secondary N) is 1. The number of rotatable bonds is 5. The minimum absolute atomic E-state index is 0.649. The van der Waals surface area contributed by atoms with E-state index in [9.17, 15) is 0 Å². The van der Waals surface area contributed by atoms with Crippen molar-refractivity contribution in [3.05, 3.63) is 0 Å². The SMILES string of the molecule is CC(C)N(CC1CCCOC1)CC1CCCCN1. The first-order valence-electron chi connectivity index (χ1n) is 7.81. The summed E-state index contributed by atoms with van der Waals surface area (Å²) in [6.07, 6.45) is 6.70. The minimum atomic E-state index is 0.649. The average molecular weight is 254 g/mol. The van der Waals surface area contributed by atoms with E-state index >= 15 is 0 Å². The van der Waals surface area contributed by atoms with Gasteiger partial charge in [-0.05, 0) is 52.0 Å². The van der Waals surface area contributed by atoms with Crippen LogP contribution in [-0.2, 0) is 4.74 Å². The maximum Gasteiger partial charge on any atom is 0.0506 e. The highest BCUT2D eigenvalue weighted by atomic mass is 16.5. The second-order valence-corrected chi connectivity index (χ2v) is 6.28. The van der Waals surface area contributed by atoms with Gasteiger partial charge >= 0.3 is 0 Å². The highest BCUT2D eigenvalue weighted by molar-refractivity contribution is 4.79. The molecule has 3 heteroatoms. The van der Waals surface area contributed by atoms with Crippen LogP contribution in [0.4, 0.5) is 0 Å². The van der Waals surface area contributed by atoms with E-state index in [1.54, 1.807) is 0 Å². The summed E-state index contributed by atoms with van der Waals surface area (Å²) in [5, 5.41) is 3.67. The molecule has 1 N–H and O–H groups in total. The van der Waals surface area contributed by atoms with Crippen molar-refractivity contribution in [1.29, 1.82) is 0 Å². The van der Waals surface area contributed by atoms with Crippen molar-refractivity contribution in [3.8, 4) is 0 Å². The molecular weight excluding hydrogens is 224 g/mol. The molecule has 2 atom stereocenters. The van der Waals surface area contributed by atoms with Gasteiger partial charge in [0.2, 0.25) is 0 Å². The van der Waals surface area contributed by atoms with Gasteiger partial charge in [-0.15, -0.1) is 0 Å². The van der Waals surface area contributed by atoms with E-state index in [-0.39, 0.29) is 0 Å². The molecule has 0 amide bonds. The van der Waals surface area contributed by atoms with Gasteiger partial charge in [-0.3, -0.25) is 4.90 Å². The molecule has 2 aliphatic rings. The van der Waals surface area contributed by atoms with Crippen LogP contribution < -0.4 is 5.32 Å². The largest absolute Gasteiger partial charge is 0.381 e. The number of nitrogens with zero attached hydrogens (tertiary/aromatic N) is 1. The molecule has 0 aliphatic carbocycles. The third-order valence-corrected chi connectivity index (χ3v) is 4.34. The second kappa shape index (κ2) is 7.46. The Balaban J connectivity index is 1.78. The van der Waals surface area contributed by atoms with Crippen molar-refractivity contribution >= 4 is 0 Å². The fourth-order valence-electron chi connectivity index (χ4n) is 3.14. The van der Waals surface area contributed by atoms with Crippen LogP contribution in [0.2, 0.25) is 0 Å². The van der Waals surface area contributed by atoms with Crippen LogP contribution in [0.15, 0.2) is 0 Å². The third kappa shape index (κ3) is 4.52. The molecule has 106 valence electrons. The Morgan fingerprint density at radius 2 is 2.06 bits per heavy atom. The Morgan fingerprint density at radius 1 is 1.17 bits per heavy atom. The lowest BCUT2D eigenvalue weighted by Crippen LogP contribution is -2.48. The molecule has 2 fully saturated rings. The quantitative estimate of drug-likeness (QED) is 0.814. The van der Waals surface area contributed by atoms with Crippen LogP contribution >= 0.6 is 0 Å². The van der Waals surface area contributed by atoms with Gasteiger partial charge < -0.3 is 10.1 Å². The van der Waals surface area contributed by atoms with E-state index in [2.05, 4.69) is 24.1 Å². The van der Waals surface area contributed by atoms with Gasteiger partial charge in [0.1, 0.15) is 0 Å². The van der Waals surface area contributed by atoms with E-state index in [0.29, 0.717) is 12.1 Å². The maximum absolute atomic E-state index is 5.61. The lowest BCUT2D eigenvalue weighted by molar-refractivity contribution is 0.0309. The van der Waals surface area contributed by atoms with Crippen LogP contribution in [0.3, 0.4) is 0 Å². The van der Waals surface area contributed by atoms with E-state index in [1.165, 1.54) is 51.7 Å². The van der Waals surface area contributed by atoms with Gasteiger partial charge in [-0.2, -0.15) is 0 Å². The smallest absolute Gasteiger partial charge is 0.0506 e. The van der Waals surface area contributed by atoms with Crippen molar-refractivity contribution in [2.75, 3.05) is 32.8 Å². The summed E-state index contributed by atoms with van der Waals surface area (Å²) in [6, 6.07) is 1.36. The predicted molar refractivity (Wildman–Crippen MR) is 75.9 cm³/mol. The maximum atomic E-state index is 5.61. The molecule has 0 aromatic rings. The zero-order chi connectivity index (χ0) is 12.8. The van der Waals surface area contributed by atoms with Gasteiger partial charge in [0.05, 0.1) is 6.61 Å². The molecule has 2 saturated heterocycles. The summed E-state index contributed by atoms with van der Waals surface area (Å²) < 4.78 is 5.61. The molecule has 0 spiro atoms. The van der Waals surface area contributed by atoms with Gasteiger partial charge in [-0.1, -0.05) is 6.42 Å². The fraction of sp³-hybridized carbons (Fsp3) is 1.00. The molecule has 2 rings (SSSR count). The minimum Gasteiger partial charge on any atom is -0.381 e. The first kappa shape index (κ1) is 14.3. The Morgan fingerprint density at radius 3 is 2.67 bits per heavy atom. The molecule has 0 aromatic carbocycles. The second-order valence-electron chi connectivity index (χ2n) is 6.28. The van der Waals surface area contributed by atoms with Gasteiger partial charge in [0.25, 0.3) is 0 Å². The molecule has 2 heterocycles. The number of hydrogen-bond donors (Lipinski definition) is 1. The van der Waals surface area contributed by atoms with Crippen molar-refractivity contribution in [2.24, 2.45) is 5.92 Å². The Bertz CT molecular complexity index is 201. The van der Waals surface area contributed by atoms with E-state index in [4.69, 9.17) is 4.74 Å². The van der Waals surface area contributed by atoms with Crippen LogP contribution in [0.25, 0.3) is 0 Å². The first-order valence-corrected chi connectivity index (χ1v) is 7.81. The molecule has 0 bridgehead atoms. The van der Waals surface area contributed by atoms with E-state index in [0.717, 1.165) is 19.1 Å². The third-order valence-electron chi connectivity index (χ3n) is 4.34. The molecule has 2 unspecified atom stereocenters. The summed E-state index contributed by atoms with van der Waals surface area (Å²) >= 11 is 0. The van der Waals surface area contributed by atoms with Crippen molar-refractivity contribution in [3.63, 3.8) is 0 Å². The zero-order valence-electron chi connectivity index (χ0n) is 12.2. The van der Waals surface area contributed by atoms with Crippen LogP contribution in [0.5, 0.6) is 0 Å². The Hall–Kier alpha value is -0.120. The van der Waals surface area contributed by atoms with Crippen LogP contribution in [0.1, 0.15) is 46.0 Å². The van der Waals surface area contributed by atoms with Crippen molar-refractivity contribution < 1.29 is 4.74 Å². The molecule has 2 aliphatic heterocycles. The predicted octanol–water partition coefficient (Wildman–Crippen LogP) is 2.27. The van der Waals surface area contributed by atoms with E-state index < -0.39 is 0 Å². The van der Waals surface area contributed by atoms with Gasteiger partial charge in [0.15, 0.2) is 0 Å². The summed E-state index contributed by atoms with van der Waals surface area (Å²) in [7, 11) is 0. The lowest BCUT2D eigenvalue weighted by Gasteiger charge is -2.36.